The lowest BCUT2D eigenvalue weighted by molar-refractivity contribution is 0.809. The van der Waals surface area contributed by atoms with Crippen molar-refractivity contribution in [2.24, 2.45) is 5.10 Å². The van der Waals surface area contributed by atoms with E-state index in [9.17, 15) is 4.79 Å². The summed E-state index contributed by atoms with van der Waals surface area (Å²) in [6.45, 7) is 0. The van der Waals surface area contributed by atoms with E-state index in [0.29, 0.717) is 11.0 Å². The highest BCUT2D eigenvalue weighted by atomic mass is 16.1. The fourth-order valence-electron chi connectivity index (χ4n) is 3.26. The van der Waals surface area contributed by atoms with Gasteiger partial charge >= 0.3 is 0 Å². The molecule has 0 atom stereocenters. The maximum Gasteiger partial charge on any atom is 0.285 e. The number of fused-ring (bicyclic) bond motifs is 1. The molecule has 0 saturated carbocycles. The Morgan fingerprint density at radius 1 is 0.800 bits per heavy atom. The van der Waals surface area contributed by atoms with Crippen molar-refractivity contribution in [3.8, 4) is 16.8 Å². The Bertz CT molecular complexity index is 1390. The van der Waals surface area contributed by atoms with Gasteiger partial charge in [0.05, 0.1) is 18.1 Å². The first-order valence-corrected chi connectivity index (χ1v) is 9.50. The van der Waals surface area contributed by atoms with Crippen LogP contribution in [0.4, 0.5) is 0 Å². The van der Waals surface area contributed by atoms with Crippen LogP contribution in [-0.4, -0.2) is 25.7 Å². The second-order valence-electron chi connectivity index (χ2n) is 6.76. The van der Waals surface area contributed by atoms with Gasteiger partial charge in [-0.05, 0) is 28.8 Å². The van der Waals surface area contributed by atoms with Crippen molar-refractivity contribution in [1.29, 1.82) is 0 Å². The maximum atomic E-state index is 12.8. The van der Waals surface area contributed by atoms with Gasteiger partial charge in [0, 0.05) is 0 Å². The van der Waals surface area contributed by atoms with E-state index in [4.69, 9.17) is 0 Å². The molecule has 0 N–H and O–H groups in total. The number of hydrogen-bond acceptors (Lipinski definition) is 4. The van der Waals surface area contributed by atoms with Gasteiger partial charge in [0.1, 0.15) is 11.7 Å². The van der Waals surface area contributed by atoms with Crippen molar-refractivity contribution in [3.05, 3.63) is 113 Å². The van der Waals surface area contributed by atoms with Crippen LogP contribution in [0.1, 0.15) is 5.56 Å². The maximum absolute atomic E-state index is 12.8. The SMILES string of the molecule is O=c1c2cnn(-c3ccccc3)c2ncn1/N=C\c1ccc(-c2ccccc2)cc1. The largest absolute Gasteiger partial charge is 0.285 e. The first kappa shape index (κ1) is 17.8. The number of nitrogens with zero attached hydrogens (tertiary/aromatic N) is 5. The molecule has 144 valence electrons. The average molecular weight is 391 g/mol. The summed E-state index contributed by atoms with van der Waals surface area (Å²) in [7, 11) is 0. The topological polar surface area (TPSA) is 65.1 Å². The molecule has 0 unspecified atom stereocenters. The van der Waals surface area contributed by atoms with E-state index in [0.717, 1.165) is 22.4 Å². The van der Waals surface area contributed by atoms with Crippen LogP contribution in [0.5, 0.6) is 0 Å². The molecule has 0 spiro atoms. The van der Waals surface area contributed by atoms with Gasteiger partial charge in [-0.2, -0.15) is 14.9 Å². The number of para-hydroxylation sites is 1. The van der Waals surface area contributed by atoms with Crippen LogP contribution in [-0.2, 0) is 0 Å². The zero-order valence-corrected chi connectivity index (χ0v) is 16.0. The van der Waals surface area contributed by atoms with E-state index < -0.39 is 0 Å². The van der Waals surface area contributed by atoms with Gasteiger partial charge in [0.15, 0.2) is 5.65 Å². The predicted octanol–water partition coefficient (Wildman–Crippen LogP) is 4.13. The van der Waals surface area contributed by atoms with Gasteiger partial charge in [0.2, 0.25) is 0 Å². The van der Waals surface area contributed by atoms with Gasteiger partial charge < -0.3 is 0 Å². The number of benzene rings is 3. The molecular formula is C24H17N5O. The van der Waals surface area contributed by atoms with E-state index in [1.54, 1.807) is 10.9 Å². The van der Waals surface area contributed by atoms with Gasteiger partial charge in [-0.3, -0.25) is 4.79 Å². The van der Waals surface area contributed by atoms with Crippen molar-refractivity contribution < 1.29 is 0 Å². The van der Waals surface area contributed by atoms with Crippen LogP contribution in [0.15, 0.2) is 107 Å². The van der Waals surface area contributed by atoms with Crippen molar-refractivity contribution in [2.45, 2.75) is 0 Å². The Morgan fingerprint density at radius 3 is 2.20 bits per heavy atom. The summed E-state index contributed by atoms with van der Waals surface area (Å²) in [4.78, 5) is 17.2. The summed E-state index contributed by atoms with van der Waals surface area (Å²) in [5.74, 6) is 0. The summed E-state index contributed by atoms with van der Waals surface area (Å²) >= 11 is 0. The van der Waals surface area contributed by atoms with Crippen molar-refractivity contribution in [2.75, 3.05) is 0 Å². The van der Waals surface area contributed by atoms with Crippen molar-refractivity contribution in [1.82, 2.24) is 19.4 Å². The lowest BCUT2D eigenvalue weighted by Crippen LogP contribution is -2.17. The molecule has 0 amide bonds. The van der Waals surface area contributed by atoms with E-state index in [1.165, 1.54) is 17.2 Å². The summed E-state index contributed by atoms with van der Waals surface area (Å²) in [6.07, 6.45) is 4.59. The molecular weight excluding hydrogens is 374 g/mol. The van der Waals surface area contributed by atoms with Gasteiger partial charge in [-0.15, -0.1) is 0 Å². The first-order chi connectivity index (χ1) is 14.8. The molecule has 0 radical (unpaired) electrons. The van der Waals surface area contributed by atoms with E-state index >= 15 is 0 Å². The normalized spacial score (nSPS) is 11.3. The second kappa shape index (κ2) is 7.60. The molecule has 5 rings (SSSR count). The molecule has 0 aliphatic heterocycles. The Labute approximate surface area is 172 Å². The fourth-order valence-corrected chi connectivity index (χ4v) is 3.26. The molecule has 5 aromatic rings. The molecule has 6 heteroatoms. The van der Waals surface area contributed by atoms with Crippen LogP contribution in [0, 0.1) is 0 Å². The molecule has 6 nitrogen and oxygen atoms in total. The van der Waals surface area contributed by atoms with E-state index in [-0.39, 0.29) is 5.56 Å². The molecule has 0 aliphatic rings. The third-order valence-corrected chi connectivity index (χ3v) is 4.82. The van der Waals surface area contributed by atoms with Crippen molar-refractivity contribution >= 4 is 17.2 Å². The molecule has 30 heavy (non-hydrogen) atoms. The molecule has 0 saturated heterocycles. The van der Waals surface area contributed by atoms with Crippen LogP contribution in [0.3, 0.4) is 0 Å². The second-order valence-corrected chi connectivity index (χ2v) is 6.76. The summed E-state index contributed by atoms with van der Waals surface area (Å²) in [5.41, 5.74) is 4.26. The summed E-state index contributed by atoms with van der Waals surface area (Å²) in [5, 5.41) is 9.02. The Hall–Kier alpha value is -4.32. The third kappa shape index (κ3) is 3.31. The Balaban J connectivity index is 1.44. The van der Waals surface area contributed by atoms with Crippen LogP contribution in [0.2, 0.25) is 0 Å². The lowest BCUT2D eigenvalue weighted by atomic mass is 10.0. The lowest BCUT2D eigenvalue weighted by Gasteiger charge is -2.03. The molecule has 2 aromatic heterocycles. The van der Waals surface area contributed by atoms with Crippen LogP contribution < -0.4 is 5.56 Å². The standard InChI is InChI=1S/C24H17N5O/c30-24-22-16-27-29(21-9-5-2-6-10-21)23(22)25-17-28(24)26-15-18-11-13-20(14-12-18)19-7-3-1-4-8-19/h1-17H/b26-15-. The minimum Gasteiger partial charge on any atom is -0.266 e. The third-order valence-electron chi connectivity index (χ3n) is 4.82. The smallest absolute Gasteiger partial charge is 0.266 e. The Kier molecular flexibility index (Phi) is 4.50. The molecule has 0 bridgehead atoms. The quantitative estimate of drug-likeness (QED) is 0.433. The van der Waals surface area contributed by atoms with E-state index in [2.05, 4.69) is 27.3 Å². The minimum atomic E-state index is -0.265. The zero-order chi connectivity index (χ0) is 20.3. The first-order valence-electron chi connectivity index (χ1n) is 9.50. The highest BCUT2D eigenvalue weighted by Gasteiger charge is 2.10. The zero-order valence-electron chi connectivity index (χ0n) is 16.0. The van der Waals surface area contributed by atoms with Crippen LogP contribution >= 0.6 is 0 Å². The molecule has 0 fully saturated rings. The van der Waals surface area contributed by atoms with Crippen LogP contribution in [0.25, 0.3) is 27.8 Å². The highest BCUT2D eigenvalue weighted by molar-refractivity contribution is 5.81. The predicted molar refractivity (Wildman–Crippen MR) is 118 cm³/mol. The highest BCUT2D eigenvalue weighted by Crippen LogP contribution is 2.18. The Morgan fingerprint density at radius 2 is 1.47 bits per heavy atom. The molecule has 3 aromatic carbocycles. The van der Waals surface area contributed by atoms with Gasteiger partial charge in [0.25, 0.3) is 5.56 Å². The van der Waals surface area contributed by atoms with Gasteiger partial charge in [-0.1, -0.05) is 72.8 Å². The average Bonchev–Trinajstić information content (AvgIpc) is 3.25. The number of rotatable bonds is 4. The monoisotopic (exact) mass is 391 g/mol. The molecule has 0 aliphatic carbocycles. The number of aromatic nitrogens is 4. The molecule has 2 heterocycles. The van der Waals surface area contributed by atoms with E-state index in [1.807, 2.05) is 72.8 Å². The summed E-state index contributed by atoms with van der Waals surface area (Å²) in [6, 6.07) is 27.7. The van der Waals surface area contributed by atoms with Gasteiger partial charge in [-0.25, -0.2) is 9.67 Å². The number of hydrogen-bond donors (Lipinski definition) is 0. The minimum absolute atomic E-state index is 0.265. The summed E-state index contributed by atoms with van der Waals surface area (Å²) < 4.78 is 2.87. The van der Waals surface area contributed by atoms with Crippen molar-refractivity contribution in [3.63, 3.8) is 0 Å². The fraction of sp³-hybridized carbons (Fsp3) is 0.